The van der Waals surface area contributed by atoms with Crippen molar-refractivity contribution >= 4 is 44.1 Å². The van der Waals surface area contributed by atoms with Gasteiger partial charge < -0.3 is 9.97 Å². The van der Waals surface area contributed by atoms with Crippen LogP contribution in [0.5, 0.6) is 0 Å². The lowest BCUT2D eigenvalue weighted by atomic mass is 10.4. The molecule has 4 nitrogen and oxygen atoms in total. The molecule has 0 saturated carbocycles. The SMILES string of the molecule is S=c1nc[nH]c2c1sc1nc[nH]c12. The van der Waals surface area contributed by atoms with Gasteiger partial charge >= 0.3 is 0 Å². The third-order valence-electron chi connectivity index (χ3n) is 1.87. The van der Waals surface area contributed by atoms with Gasteiger partial charge in [0.1, 0.15) is 15.0 Å². The highest BCUT2D eigenvalue weighted by molar-refractivity contribution is 7.71. The van der Waals surface area contributed by atoms with Gasteiger partial charge in [0.15, 0.2) is 0 Å². The van der Waals surface area contributed by atoms with Crippen molar-refractivity contribution in [3.05, 3.63) is 17.3 Å². The van der Waals surface area contributed by atoms with Crippen molar-refractivity contribution < 1.29 is 0 Å². The maximum absolute atomic E-state index is 5.10. The molecule has 0 aromatic carbocycles. The summed E-state index contributed by atoms with van der Waals surface area (Å²) in [4.78, 5) is 15.3. The van der Waals surface area contributed by atoms with Crippen LogP contribution in [0, 0.1) is 4.64 Å². The zero-order chi connectivity index (χ0) is 8.84. The highest BCUT2D eigenvalue weighted by Gasteiger charge is 2.07. The minimum Gasteiger partial charge on any atom is -0.343 e. The molecule has 0 radical (unpaired) electrons. The maximum Gasteiger partial charge on any atom is 0.147 e. The summed E-state index contributed by atoms with van der Waals surface area (Å²) in [6.07, 6.45) is 3.29. The molecular weight excluding hydrogens is 204 g/mol. The summed E-state index contributed by atoms with van der Waals surface area (Å²) in [6, 6.07) is 0. The summed E-state index contributed by atoms with van der Waals surface area (Å²) < 4.78 is 1.62. The minimum atomic E-state index is 0.630. The molecule has 0 aliphatic heterocycles. The maximum atomic E-state index is 5.10. The van der Waals surface area contributed by atoms with Gasteiger partial charge in [-0.1, -0.05) is 12.2 Å². The topological polar surface area (TPSA) is 57.4 Å². The average Bonchev–Trinajstić information content (AvgIpc) is 2.65. The second-order valence-corrected chi connectivity index (χ2v) is 3.98. The van der Waals surface area contributed by atoms with Crippen molar-refractivity contribution in [2.45, 2.75) is 0 Å². The lowest BCUT2D eigenvalue weighted by molar-refractivity contribution is 1.21. The largest absolute Gasteiger partial charge is 0.343 e. The second kappa shape index (κ2) is 2.36. The number of H-pyrrole nitrogens is 2. The molecule has 13 heavy (non-hydrogen) atoms. The Morgan fingerprint density at radius 2 is 1.92 bits per heavy atom. The number of nitrogens with zero attached hydrogens (tertiary/aromatic N) is 2. The first-order valence-corrected chi connectivity index (χ1v) is 4.88. The van der Waals surface area contributed by atoms with E-state index in [-0.39, 0.29) is 0 Å². The van der Waals surface area contributed by atoms with Crippen LogP contribution in [0.15, 0.2) is 12.7 Å². The summed E-state index contributed by atoms with van der Waals surface area (Å²) in [5, 5.41) is 0. The monoisotopic (exact) mass is 208 g/mol. The third-order valence-corrected chi connectivity index (χ3v) is 3.41. The molecule has 0 aliphatic carbocycles. The minimum absolute atomic E-state index is 0.630. The van der Waals surface area contributed by atoms with Crippen molar-refractivity contribution in [1.82, 2.24) is 19.9 Å². The standard InChI is InChI=1S/C7H4N4S2/c12-6-5-3(8-1-10-6)4-7(13-5)11-2-9-4/h1-2H,(H,9,11)(H,8,10,12). The summed E-state index contributed by atoms with van der Waals surface area (Å²) in [7, 11) is 0. The van der Waals surface area contributed by atoms with Crippen molar-refractivity contribution in [1.29, 1.82) is 0 Å². The zero-order valence-corrected chi connectivity index (χ0v) is 8.00. The van der Waals surface area contributed by atoms with Crippen molar-refractivity contribution in [3.63, 3.8) is 0 Å². The second-order valence-electron chi connectivity index (χ2n) is 2.60. The molecule has 64 valence electrons. The van der Waals surface area contributed by atoms with Gasteiger partial charge in [-0.2, -0.15) is 0 Å². The van der Waals surface area contributed by atoms with Gasteiger partial charge in [0.2, 0.25) is 0 Å². The molecular formula is C7H4N4S2. The highest BCUT2D eigenvalue weighted by atomic mass is 32.1. The zero-order valence-electron chi connectivity index (χ0n) is 6.37. The number of aromatic nitrogens is 4. The summed E-state index contributed by atoms with van der Waals surface area (Å²) >= 11 is 6.65. The summed E-state index contributed by atoms with van der Waals surface area (Å²) in [5.74, 6) is 0. The van der Waals surface area contributed by atoms with Gasteiger partial charge in [-0.15, -0.1) is 11.3 Å². The fraction of sp³-hybridized carbons (Fsp3) is 0. The van der Waals surface area contributed by atoms with Crippen LogP contribution in [-0.4, -0.2) is 19.9 Å². The van der Waals surface area contributed by atoms with E-state index in [9.17, 15) is 0 Å². The fourth-order valence-corrected chi connectivity index (χ4v) is 2.55. The molecule has 0 amide bonds. The van der Waals surface area contributed by atoms with Gasteiger partial charge in [-0.05, 0) is 0 Å². The Kier molecular flexibility index (Phi) is 1.30. The number of hydrogen-bond donors (Lipinski definition) is 2. The van der Waals surface area contributed by atoms with E-state index < -0.39 is 0 Å². The number of imidazole rings is 1. The number of thiophene rings is 1. The molecule has 0 fully saturated rings. The number of rotatable bonds is 0. The van der Waals surface area contributed by atoms with Crippen LogP contribution >= 0.6 is 23.6 Å². The fourth-order valence-electron chi connectivity index (χ4n) is 1.30. The number of aromatic amines is 2. The first kappa shape index (κ1) is 7.16. The predicted octanol–water partition coefficient (Wildman–Crippen LogP) is 2.23. The number of fused-ring (bicyclic) bond motifs is 3. The molecule has 3 aromatic heterocycles. The van der Waals surface area contributed by atoms with Gasteiger partial charge in [-0.3, -0.25) is 0 Å². The molecule has 0 atom stereocenters. The van der Waals surface area contributed by atoms with Gasteiger partial charge in [0, 0.05) is 0 Å². The summed E-state index contributed by atoms with van der Waals surface area (Å²) in [5.41, 5.74) is 2.01. The van der Waals surface area contributed by atoms with Crippen LogP contribution in [-0.2, 0) is 0 Å². The van der Waals surface area contributed by atoms with Gasteiger partial charge in [0.25, 0.3) is 0 Å². The van der Waals surface area contributed by atoms with Crippen LogP contribution in [0.25, 0.3) is 20.6 Å². The van der Waals surface area contributed by atoms with E-state index in [0.29, 0.717) is 4.64 Å². The lowest BCUT2D eigenvalue weighted by Gasteiger charge is -1.87. The predicted molar refractivity (Wildman–Crippen MR) is 54.5 cm³/mol. The van der Waals surface area contributed by atoms with Crippen molar-refractivity contribution in [3.8, 4) is 0 Å². The molecule has 0 saturated heterocycles. The Bertz CT molecular complexity index is 632. The van der Waals surface area contributed by atoms with E-state index in [2.05, 4.69) is 19.9 Å². The molecule has 3 rings (SSSR count). The van der Waals surface area contributed by atoms with Gasteiger partial charge in [-0.25, -0.2) is 9.97 Å². The Hall–Kier alpha value is -1.27. The van der Waals surface area contributed by atoms with E-state index in [1.54, 1.807) is 24.0 Å². The Labute approximate surface area is 81.7 Å². The van der Waals surface area contributed by atoms with E-state index in [1.807, 2.05) is 0 Å². The lowest BCUT2D eigenvalue weighted by Crippen LogP contribution is -1.78. The number of nitrogens with one attached hydrogen (secondary N) is 2. The molecule has 0 bridgehead atoms. The molecule has 2 N–H and O–H groups in total. The van der Waals surface area contributed by atoms with Crippen LogP contribution in [0.4, 0.5) is 0 Å². The molecule has 3 aromatic rings. The Morgan fingerprint density at radius 1 is 1.15 bits per heavy atom. The van der Waals surface area contributed by atoms with E-state index >= 15 is 0 Å². The van der Waals surface area contributed by atoms with Gasteiger partial charge in [0.05, 0.1) is 22.9 Å². The molecule has 3 heterocycles. The van der Waals surface area contributed by atoms with Crippen molar-refractivity contribution in [2.24, 2.45) is 0 Å². The first-order valence-electron chi connectivity index (χ1n) is 3.65. The third kappa shape index (κ3) is 0.866. The van der Waals surface area contributed by atoms with Crippen LogP contribution in [0.2, 0.25) is 0 Å². The molecule has 0 aliphatic rings. The Balaban J connectivity index is 2.74. The molecule has 0 spiro atoms. The molecule has 6 heteroatoms. The quantitative estimate of drug-likeness (QED) is 0.557. The first-order chi connectivity index (χ1) is 6.36. The van der Waals surface area contributed by atoms with Crippen LogP contribution in [0.3, 0.4) is 0 Å². The Morgan fingerprint density at radius 3 is 2.85 bits per heavy atom. The average molecular weight is 208 g/mol. The van der Waals surface area contributed by atoms with E-state index in [4.69, 9.17) is 12.2 Å². The smallest absolute Gasteiger partial charge is 0.147 e. The van der Waals surface area contributed by atoms with Crippen LogP contribution < -0.4 is 0 Å². The van der Waals surface area contributed by atoms with Crippen molar-refractivity contribution in [2.75, 3.05) is 0 Å². The highest BCUT2D eigenvalue weighted by Crippen LogP contribution is 2.29. The van der Waals surface area contributed by atoms with E-state index in [0.717, 1.165) is 20.6 Å². The normalized spacial score (nSPS) is 11.4. The van der Waals surface area contributed by atoms with E-state index in [1.165, 1.54) is 0 Å². The number of hydrogen-bond acceptors (Lipinski definition) is 4. The van der Waals surface area contributed by atoms with Crippen LogP contribution in [0.1, 0.15) is 0 Å². The summed E-state index contributed by atoms with van der Waals surface area (Å²) in [6.45, 7) is 0. The molecule has 0 unspecified atom stereocenters.